The van der Waals surface area contributed by atoms with Crippen LogP contribution >= 0.6 is 11.3 Å². The number of amides is 1. The number of nitrogens with zero attached hydrogens (tertiary/aromatic N) is 3. The molecule has 11 heteroatoms. The molecule has 1 aromatic heterocycles. The third kappa shape index (κ3) is 5.89. The highest BCUT2D eigenvalue weighted by molar-refractivity contribution is 7.09. The SMILES string of the molecule is COCC1CN(C)CC12CCN(C(=O)c1csc(C)n1)CC2.O=C(O)C(F)(F)F. The number of aryl methyl sites for hydroxylation is 1. The number of carbonyl (C=O) groups excluding carboxylic acids is 1. The number of hydrogen-bond acceptors (Lipinski definition) is 6. The molecule has 0 saturated carbocycles. The Morgan fingerprint density at radius 1 is 1.38 bits per heavy atom. The van der Waals surface area contributed by atoms with Gasteiger partial charge in [0, 0.05) is 44.6 Å². The normalized spacial score (nSPS) is 21.7. The third-order valence-corrected chi connectivity index (χ3v) is 6.25. The van der Waals surface area contributed by atoms with Crippen LogP contribution in [0.25, 0.3) is 0 Å². The van der Waals surface area contributed by atoms with Crippen molar-refractivity contribution in [1.82, 2.24) is 14.8 Å². The minimum atomic E-state index is -5.08. The number of hydrogen-bond donors (Lipinski definition) is 1. The van der Waals surface area contributed by atoms with E-state index in [-0.39, 0.29) is 5.91 Å². The number of thiazole rings is 1. The van der Waals surface area contributed by atoms with E-state index in [4.69, 9.17) is 14.6 Å². The van der Waals surface area contributed by atoms with Crippen molar-refractivity contribution in [2.45, 2.75) is 25.9 Å². The molecule has 7 nitrogen and oxygen atoms in total. The zero-order chi connectivity index (χ0) is 21.8. The van der Waals surface area contributed by atoms with E-state index in [1.165, 1.54) is 0 Å². The predicted octanol–water partition coefficient (Wildman–Crippen LogP) is 2.52. The van der Waals surface area contributed by atoms with E-state index in [2.05, 4.69) is 16.9 Å². The molecule has 29 heavy (non-hydrogen) atoms. The number of halogens is 3. The highest BCUT2D eigenvalue weighted by Gasteiger charge is 2.47. The van der Waals surface area contributed by atoms with E-state index in [1.807, 2.05) is 17.2 Å². The molecule has 3 rings (SSSR count). The van der Waals surface area contributed by atoms with Crippen LogP contribution in [0.1, 0.15) is 28.3 Å². The lowest BCUT2D eigenvalue weighted by molar-refractivity contribution is -0.192. The molecule has 1 unspecified atom stereocenters. The summed E-state index contributed by atoms with van der Waals surface area (Å²) in [6.45, 7) is 6.67. The summed E-state index contributed by atoms with van der Waals surface area (Å²) in [7, 11) is 3.97. The number of ether oxygens (including phenoxy) is 1. The van der Waals surface area contributed by atoms with Gasteiger partial charge in [-0.15, -0.1) is 11.3 Å². The highest BCUT2D eigenvalue weighted by Crippen LogP contribution is 2.44. The number of methoxy groups -OCH3 is 1. The van der Waals surface area contributed by atoms with Gasteiger partial charge in [0.05, 0.1) is 11.6 Å². The van der Waals surface area contributed by atoms with Crippen molar-refractivity contribution < 1.29 is 32.6 Å². The van der Waals surface area contributed by atoms with E-state index in [0.29, 0.717) is 17.0 Å². The van der Waals surface area contributed by atoms with Gasteiger partial charge in [0.1, 0.15) is 5.69 Å². The van der Waals surface area contributed by atoms with Gasteiger partial charge in [-0.05, 0) is 32.2 Å². The molecular formula is C18H26F3N3O4S. The van der Waals surface area contributed by atoms with Gasteiger partial charge in [-0.3, -0.25) is 4.79 Å². The molecule has 2 saturated heterocycles. The number of alkyl halides is 3. The first kappa shape index (κ1) is 23.6. The third-order valence-electron chi connectivity index (χ3n) is 5.48. The molecule has 2 aliphatic rings. The van der Waals surface area contributed by atoms with Gasteiger partial charge in [0.15, 0.2) is 0 Å². The van der Waals surface area contributed by atoms with Crippen molar-refractivity contribution >= 4 is 23.2 Å². The van der Waals surface area contributed by atoms with E-state index in [0.717, 1.165) is 50.6 Å². The standard InChI is InChI=1S/C16H25N3O2S.C2HF3O2/c1-12-17-14(10-22-12)15(20)19-6-4-16(5-7-19)11-18(2)8-13(16)9-21-3;3-2(4,5)1(6)7/h10,13H,4-9,11H2,1-3H3;(H,6,7). The Morgan fingerprint density at radius 2 is 1.97 bits per heavy atom. The van der Waals surface area contributed by atoms with Crippen molar-refractivity contribution in [3.8, 4) is 0 Å². The van der Waals surface area contributed by atoms with Crippen LogP contribution in [-0.4, -0.2) is 84.9 Å². The van der Waals surface area contributed by atoms with E-state index in [9.17, 15) is 18.0 Å². The maximum Gasteiger partial charge on any atom is 0.490 e. The molecule has 1 atom stereocenters. The molecule has 1 spiro atoms. The van der Waals surface area contributed by atoms with Gasteiger partial charge in [-0.1, -0.05) is 0 Å². The summed E-state index contributed by atoms with van der Waals surface area (Å²) in [6.07, 6.45) is -2.94. The van der Waals surface area contributed by atoms with E-state index < -0.39 is 12.1 Å². The lowest BCUT2D eigenvalue weighted by atomic mass is 9.71. The molecule has 1 aromatic rings. The van der Waals surface area contributed by atoms with Gasteiger partial charge in [-0.25, -0.2) is 9.78 Å². The predicted molar refractivity (Wildman–Crippen MR) is 101 cm³/mol. The van der Waals surface area contributed by atoms with Crippen LogP contribution in [0.2, 0.25) is 0 Å². The van der Waals surface area contributed by atoms with Crippen molar-refractivity contribution in [2.24, 2.45) is 11.3 Å². The Hall–Kier alpha value is -1.72. The number of piperidine rings is 1. The van der Waals surface area contributed by atoms with Crippen LogP contribution in [0.15, 0.2) is 5.38 Å². The lowest BCUT2D eigenvalue weighted by Crippen LogP contribution is -2.47. The van der Waals surface area contributed by atoms with Gasteiger partial charge < -0.3 is 19.6 Å². The minimum Gasteiger partial charge on any atom is -0.475 e. The number of carboxylic acid groups (broad SMARTS) is 1. The van der Waals surface area contributed by atoms with Crippen molar-refractivity contribution in [3.63, 3.8) is 0 Å². The number of carbonyl (C=O) groups is 2. The number of rotatable bonds is 3. The summed E-state index contributed by atoms with van der Waals surface area (Å²) in [5.41, 5.74) is 0.926. The summed E-state index contributed by atoms with van der Waals surface area (Å²) in [6, 6.07) is 0. The minimum absolute atomic E-state index is 0.0915. The fraction of sp³-hybridized carbons (Fsp3) is 0.722. The zero-order valence-corrected chi connectivity index (χ0v) is 17.5. The first-order valence-corrected chi connectivity index (χ1v) is 10.1. The molecule has 2 fully saturated rings. The van der Waals surface area contributed by atoms with Gasteiger partial charge >= 0.3 is 12.1 Å². The van der Waals surface area contributed by atoms with Crippen LogP contribution in [0.4, 0.5) is 13.2 Å². The van der Waals surface area contributed by atoms with Crippen LogP contribution in [0.5, 0.6) is 0 Å². The summed E-state index contributed by atoms with van der Waals surface area (Å²) >= 11 is 1.54. The number of aromatic nitrogens is 1. The molecule has 1 amide bonds. The van der Waals surface area contributed by atoms with Crippen LogP contribution < -0.4 is 0 Å². The van der Waals surface area contributed by atoms with Crippen LogP contribution in [0.3, 0.4) is 0 Å². The van der Waals surface area contributed by atoms with Gasteiger partial charge in [0.2, 0.25) is 0 Å². The molecule has 164 valence electrons. The number of carboxylic acids is 1. The quantitative estimate of drug-likeness (QED) is 0.783. The summed E-state index contributed by atoms with van der Waals surface area (Å²) in [5, 5.41) is 9.95. The largest absolute Gasteiger partial charge is 0.490 e. The van der Waals surface area contributed by atoms with Crippen molar-refractivity contribution in [2.75, 3.05) is 46.9 Å². The zero-order valence-electron chi connectivity index (χ0n) is 16.7. The van der Waals surface area contributed by atoms with Gasteiger partial charge in [0.25, 0.3) is 5.91 Å². The second kappa shape index (κ2) is 9.40. The second-order valence-corrected chi connectivity index (χ2v) is 8.62. The Balaban J connectivity index is 0.000000370. The Bertz CT molecular complexity index is 717. The smallest absolute Gasteiger partial charge is 0.475 e. The average Bonchev–Trinajstić information content (AvgIpc) is 3.19. The first-order valence-electron chi connectivity index (χ1n) is 9.17. The van der Waals surface area contributed by atoms with E-state index in [1.54, 1.807) is 18.4 Å². The van der Waals surface area contributed by atoms with Gasteiger partial charge in [-0.2, -0.15) is 13.2 Å². The second-order valence-electron chi connectivity index (χ2n) is 7.56. The maximum atomic E-state index is 12.5. The maximum absolute atomic E-state index is 12.5. The number of aliphatic carboxylic acids is 1. The van der Waals surface area contributed by atoms with Crippen molar-refractivity contribution in [1.29, 1.82) is 0 Å². The summed E-state index contributed by atoms with van der Waals surface area (Å²) in [5.74, 6) is -2.08. The molecule has 0 aromatic carbocycles. The Morgan fingerprint density at radius 3 is 2.41 bits per heavy atom. The average molecular weight is 437 g/mol. The highest BCUT2D eigenvalue weighted by atomic mass is 32.1. The fourth-order valence-electron chi connectivity index (χ4n) is 4.08. The molecule has 3 heterocycles. The lowest BCUT2D eigenvalue weighted by Gasteiger charge is -2.42. The topological polar surface area (TPSA) is 83.0 Å². The molecule has 0 aliphatic carbocycles. The Kier molecular flexibility index (Phi) is 7.63. The van der Waals surface area contributed by atoms with Crippen molar-refractivity contribution in [3.05, 3.63) is 16.1 Å². The number of likely N-dealkylation sites (tertiary alicyclic amines) is 2. The van der Waals surface area contributed by atoms with Crippen LogP contribution in [0, 0.1) is 18.3 Å². The molecular weight excluding hydrogens is 411 g/mol. The monoisotopic (exact) mass is 437 g/mol. The fourth-order valence-corrected chi connectivity index (χ4v) is 4.66. The summed E-state index contributed by atoms with van der Waals surface area (Å²) < 4.78 is 37.2. The van der Waals surface area contributed by atoms with Crippen LogP contribution in [-0.2, 0) is 9.53 Å². The molecule has 1 N–H and O–H groups in total. The summed E-state index contributed by atoms with van der Waals surface area (Å²) in [4.78, 5) is 30.1. The first-order chi connectivity index (χ1) is 13.5. The molecule has 0 bridgehead atoms. The Labute approximate surface area is 171 Å². The molecule has 0 radical (unpaired) electrons. The molecule has 2 aliphatic heterocycles. The van der Waals surface area contributed by atoms with E-state index >= 15 is 0 Å².